The summed E-state index contributed by atoms with van der Waals surface area (Å²) in [4.78, 5) is 11.1. The molecule has 0 saturated carbocycles. The Balaban J connectivity index is 1.68. The number of hydrogen-bond donors (Lipinski definition) is 1. The van der Waals surface area contributed by atoms with Gasteiger partial charge in [0.05, 0.1) is 13.2 Å². The first-order chi connectivity index (χ1) is 11.2. The lowest BCUT2D eigenvalue weighted by Gasteiger charge is -2.28. The SMILES string of the molecule is NC(Cc1ccccc1)Cc1nc(Cl)cc(N2CCOCC2)n1. The third-order valence-corrected chi connectivity index (χ3v) is 4.04. The summed E-state index contributed by atoms with van der Waals surface area (Å²) < 4.78 is 5.37. The highest BCUT2D eigenvalue weighted by Gasteiger charge is 2.16. The van der Waals surface area contributed by atoms with Gasteiger partial charge in [-0.25, -0.2) is 9.97 Å². The van der Waals surface area contributed by atoms with Crippen LogP contribution in [0.1, 0.15) is 11.4 Å². The zero-order valence-electron chi connectivity index (χ0n) is 13.0. The van der Waals surface area contributed by atoms with E-state index in [0.29, 0.717) is 30.6 Å². The first-order valence-electron chi connectivity index (χ1n) is 7.86. The number of morpholine rings is 1. The second kappa shape index (κ2) is 7.73. The fourth-order valence-electron chi connectivity index (χ4n) is 2.72. The van der Waals surface area contributed by atoms with Crippen molar-refractivity contribution >= 4 is 17.4 Å². The maximum absolute atomic E-state index is 6.26. The van der Waals surface area contributed by atoms with Crippen molar-refractivity contribution in [2.24, 2.45) is 5.73 Å². The molecular weight excluding hydrogens is 312 g/mol. The number of halogens is 1. The van der Waals surface area contributed by atoms with Crippen LogP contribution in [0.3, 0.4) is 0 Å². The quantitative estimate of drug-likeness (QED) is 0.849. The molecule has 1 fully saturated rings. The Labute approximate surface area is 141 Å². The molecule has 1 aromatic heterocycles. The molecule has 6 heteroatoms. The molecule has 1 aliphatic heterocycles. The van der Waals surface area contributed by atoms with Crippen molar-refractivity contribution in [2.75, 3.05) is 31.2 Å². The van der Waals surface area contributed by atoms with Crippen molar-refractivity contribution in [2.45, 2.75) is 18.9 Å². The summed E-state index contributed by atoms with van der Waals surface area (Å²) in [6.45, 7) is 3.07. The summed E-state index contributed by atoms with van der Waals surface area (Å²) in [6.07, 6.45) is 1.40. The number of ether oxygens (including phenoxy) is 1. The van der Waals surface area contributed by atoms with Crippen molar-refractivity contribution in [1.29, 1.82) is 0 Å². The van der Waals surface area contributed by atoms with Gasteiger partial charge in [-0.05, 0) is 12.0 Å². The molecule has 0 radical (unpaired) electrons. The van der Waals surface area contributed by atoms with Gasteiger partial charge in [0, 0.05) is 31.6 Å². The van der Waals surface area contributed by atoms with Gasteiger partial charge in [-0.15, -0.1) is 0 Å². The van der Waals surface area contributed by atoms with E-state index < -0.39 is 0 Å². The summed E-state index contributed by atoms with van der Waals surface area (Å²) in [5, 5.41) is 0.461. The minimum Gasteiger partial charge on any atom is -0.378 e. The van der Waals surface area contributed by atoms with Gasteiger partial charge in [-0.2, -0.15) is 0 Å². The van der Waals surface area contributed by atoms with Crippen molar-refractivity contribution in [3.05, 3.63) is 52.9 Å². The predicted molar refractivity (Wildman–Crippen MR) is 91.9 cm³/mol. The molecule has 122 valence electrons. The average Bonchev–Trinajstić information content (AvgIpc) is 2.56. The van der Waals surface area contributed by atoms with Gasteiger partial charge in [0.15, 0.2) is 0 Å². The van der Waals surface area contributed by atoms with Crippen LogP contribution in [0.15, 0.2) is 36.4 Å². The van der Waals surface area contributed by atoms with Crippen molar-refractivity contribution in [1.82, 2.24) is 9.97 Å². The lowest BCUT2D eigenvalue weighted by molar-refractivity contribution is 0.122. The molecule has 23 heavy (non-hydrogen) atoms. The summed E-state index contributed by atoms with van der Waals surface area (Å²) in [7, 11) is 0. The van der Waals surface area contributed by atoms with Gasteiger partial charge in [0.2, 0.25) is 0 Å². The van der Waals surface area contributed by atoms with E-state index in [1.807, 2.05) is 18.2 Å². The maximum Gasteiger partial charge on any atom is 0.134 e. The molecule has 1 aromatic carbocycles. The lowest BCUT2D eigenvalue weighted by atomic mass is 10.0. The van der Waals surface area contributed by atoms with Gasteiger partial charge in [-0.1, -0.05) is 41.9 Å². The zero-order chi connectivity index (χ0) is 16.1. The molecule has 5 nitrogen and oxygen atoms in total. The van der Waals surface area contributed by atoms with E-state index in [0.717, 1.165) is 25.3 Å². The Morgan fingerprint density at radius 2 is 1.87 bits per heavy atom. The molecule has 1 atom stereocenters. The molecular formula is C17H21ClN4O. The Morgan fingerprint density at radius 3 is 2.61 bits per heavy atom. The van der Waals surface area contributed by atoms with E-state index >= 15 is 0 Å². The van der Waals surface area contributed by atoms with Gasteiger partial charge in [-0.3, -0.25) is 0 Å². The minimum atomic E-state index is -0.0339. The summed E-state index contributed by atoms with van der Waals surface area (Å²) >= 11 is 6.16. The van der Waals surface area contributed by atoms with Crippen LogP contribution in [0, 0.1) is 0 Å². The molecule has 0 bridgehead atoms. The molecule has 1 saturated heterocycles. The summed E-state index contributed by atoms with van der Waals surface area (Å²) in [6, 6.07) is 12.0. The number of anilines is 1. The standard InChI is InChI=1S/C17H21ClN4O/c18-15-12-17(22-6-8-23-9-7-22)21-16(20-15)11-14(19)10-13-4-2-1-3-5-13/h1-5,12,14H,6-11,19H2. The predicted octanol–water partition coefficient (Wildman–Crippen LogP) is 2.08. The highest BCUT2D eigenvalue weighted by molar-refractivity contribution is 6.29. The minimum absolute atomic E-state index is 0.0339. The third-order valence-electron chi connectivity index (χ3n) is 3.85. The molecule has 0 aliphatic carbocycles. The normalized spacial score (nSPS) is 16.3. The molecule has 0 spiro atoms. The molecule has 2 heterocycles. The molecule has 0 amide bonds. The fraction of sp³-hybridized carbons (Fsp3) is 0.412. The van der Waals surface area contributed by atoms with Gasteiger partial charge in [0.1, 0.15) is 16.8 Å². The number of rotatable bonds is 5. The first kappa shape index (κ1) is 16.2. The molecule has 1 unspecified atom stereocenters. The van der Waals surface area contributed by atoms with Crippen LogP contribution in [-0.2, 0) is 17.6 Å². The van der Waals surface area contributed by atoms with Gasteiger partial charge >= 0.3 is 0 Å². The van der Waals surface area contributed by atoms with E-state index in [-0.39, 0.29) is 6.04 Å². The van der Waals surface area contributed by atoms with Gasteiger partial charge in [0.25, 0.3) is 0 Å². The van der Waals surface area contributed by atoms with Crippen LogP contribution in [-0.4, -0.2) is 42.3 Å². The van der Waals surface area contributed by atoms with Crippen LogP contribution < -0.4 is 10.6 Å². The second-order valence-corrected chi connectivity index (χ2v) is 6.11. The van der Waals surface area contributed by atoms with Crippen LogP contribution >= 0.6 is 11.6 Å². The van der Waals surface area contributed by atoms with Crippen LogP contribution in [0.2, 0.25) is 5.15 Å². The van der Waals surface area contributed by atoms with Crippen LogP contribution in [0.4, 0.5) is 5.82 Å². The number of aromatic nitrogens is 2. The monoisotopic (exact) mass is 332 g/mol. The lowest BCUT2D eigenvalue weighted by Crippen LogP contribution is -2.37. The third kappa shape index (κ3) is 4.64. The Hall–Kier alpha value is -1.69. The largest absolute Gasteiger partial charge is 0.378 e. The zero-order valence-corrected chi connectivity index (χ0v) is 13.7. The Kier molecular flexibility index (Phi) is 5.43. The molecule has 1 aliphatic rings. The first-order valence-corrected chi connectivity index (χ1v) is 8.24. The summed E-state index contributed by atoms with van der Waals surface area (Å²) in [5.74, 6) is 1.55. The Bertz CT molecular complexity index is 632. The molecule has 2 N–H and O–H groups in total. The Morgan fingerprint density at radius 1 is 1.13 bits per heavy atom. The topological polar surface area (TPSA) is 64.3 Å². The number of nitrogens with zero attached hydrogens (tertiary/aromatic N) is 3. The highest BCUT2D eigenvalue weighted by Crippen LogP contribution is 2.18. The second-order valence-electron chi connectivity index (χ2n) is 5.72. The van der Waals surface area contributed by atoms with Crippen LogP contribution in [0.25, 0.3) is 0 Å². The molecule has 2 aromatic rings. The number of nitrogens with two attached hydrogens (primary N) is 1. The maximum atomic E-state index is 6.26. The van der Waals surface area contributed by atoms with Crippen molar-refractivity contribution < 1.29 is 4.74 Å². The number of hydrogen-bond acceptors (Lipinski definition) is 5. The van der Waals surface area contributed by atoms with E-state index in [4.69, 9.17) is 22.1 Å². The fourth-order valence-corrected chi connectivity index (χ4v) is 2.92. The smallest absolute Gasteiger partial charge is 0.134 e. The average molecular weight is 333 g/mol. The highest BCUT2D eigenvalue weighted by atomic mass is 35.5. The van der Waals surface area contributed by atoms with E-state index in [1.54, 1.807) is 6.07 Å². The van der Waals surface area contributed by atoms with E-state index in [2.05, 4.69) is 27.0 Å². The van der Waals surface area contributed by atoms with E-state index in [9.17, 15) is 0 Å². The molecule has 3 rings (SSSR count). The van der Waals surface area contributed by atoms with Crippen molar-refractivity contribution in [3.63, 3.8) is 0 Å². The summed E-state index contributed by atoms with van der Waals surface area (Å²) in [5.41, 5.74) is 7.48. The van der Waals surface area contributed by atoms with E-state index in [1.165, 1.54) is 5.56 Å². The van der Waals surface area contributed by atoms with Crippen molar-refractivity contribution in [3.8, 4) is 0 Å². The van der Waals surface area contributed by atoms with Crippen LogP contribution in [0.5, 0.6) is 0 Å². The number of benzene rings is 1. The van der Waals surface area contributed by atoms with Gasteiger partial charge < -0.3 is 15.4 Å².